The zero-order valence-electron chi connectivity index (χ0n) is 15.4. The van der Waals surface area contributed by atoms with Gasteiger partial charge in [0, 0.05) is 16.4 Å². The third-order valence-corrected chi connectivity index (χ3v) is 5.24. The molecule has 2 aliphatic rings. The summed E-state index contributed by atoms with van der Waals surface area (Å²) in [5.41, 5.74) is 2.16. The number of carbonyl (C=O) groups excluding carboxylic acids is 1. The first-order valence-corrected chi connectivity index (χ1v) is 9.38. The summed E-state index contributed by atoms with van der Waals surface area (Å²) in [4.78, 5) is 22.0. The van der Waals surface area contributed by atoms with Gasteiger partial charge in [-0.15, -0.1) is 0 Å². The van der Waals surface area contributed by atoms with E-state index in [0.29, 0.717) is 33.9 Å². The van der Waals surface area contributed by atoms with Crippen LogP contribution in [0.15, 0.2) is 53.8 Å². The molecule has 1 amide bonds. The molecular weight excluding hydrogens is 394 g/mol. The molecule has 1 N–H and O–H groups in total. The van der Waals surface area contributed by atoms with Crippen molar-refractivity contribution in [3.8, 4) is 11.5 Å². The normalized spacial score (nSPS) is 19.4. The van der Waals surface area contributed by atoms with E-state index < -0.39 is 12.0 Å². The summed E-state index contributed by atoms with van der Waals surface area (Å²) in [5.74, 6) is 0.996. The molecule has 0 radical (unpaired) electrons. The summed E-state index contributed by atoms with van der Waals surface area (Å²) in [6.45, 7) is 2.00. The van der Waals surface area contributed by atoms with Crippen LogP contribution < -0.4 is 14.8 Å². The third-order valence-electron chi connectivity index (χ3n) is 4.99. The lowest BCUT2D eigenvalue weighted by atomic mass is 9.87. The van der Waals surface area contributed by atoms with Crippen LogP contribution in [0.4, 0.5) is 11.6 Å². The summed E-state index contributed by atoms with van der Waals surface area (Å²) in [6, 6.07) is 12.2. The predicted octanol–water partition coefficient (Wildman–Crippen LogP) is 3.61. The van der Waals surface area contributed by atoms with Crippen molar-refractivity contribution >= 4 is 34.9 Å². The van der Waals surface area contributed by atoms with Gasteiger partial charge in [0.05, 0.1) is 6.04 Å². The van der Waals surface area contributed by atoms with Crippen molar-refractivity contribution in [3.63, 3.8) is 0 Å². The fourth-order valence-corrected chi connectivity index (χ4v) is 3.76. The van der Waals surface area contributed by atoms with E-state index >= 15 is 0 Å². The Kier molecular flexibility index (Phi) is 4.21. The maximum atomic E-state index is 13.3. The SMILES string of the molecule is CC1=Nc2ncnn2C(c2ccc3c(c2)OCO3)C1C(=O)Nc1ccc(Cl)cc1. The van der Waals surface area contributed by atoms with E-state index in [2.05, 4.69) is 20.4 Å². The van der Waals surface area contributed by atoms with Crippen molar-refractivity contribution < 1.29 is 14.3 Å². The lowest BCUT2D eigenvalue weighted by Gasteiger charge is -2.30. The molecule has 3 aromatic rings. The van der Waals surface area contributed by atoms with Crippen molar-refractivity contribution in [3.05, 3.63) is 59.4 Å². The Bertz CT molecular complexity index is 1130. The fraction of sp³-hybridized carbons (Fsp3) is 0.200. The number of aliphatic imine (C=N–C) groups is 1. The molecule has 2 aromatic carbocycles. The number of hydrogen-bond donors (Lipinski definition) is 1. The second-order valence-corrected chi connectivity index (χ2v) is 7.23. The van der Waals surface area contributed by atoms with E-state index in [0.717, 1.165) is 5.56 Å². The fourth-order valence-electron chi connectivity index (χ4n) is 3.63. The number of rotatable bonds is 3. The molecule has 2 unspecified atom stereocenters. The lowest BCUT2D eigenvalue weighted by molar-refractivity contribution is -0.118. The molecule has 1 aromatic heterocycles. The highest BCUT2D eigenvalue weighted by Crippen LogP contribution is 2.40. The Hall–Kier alpha value is -3.39. The molecule has 0 aliphatic carbocycles. The zero-order chi connectivity index (χ0) is 20.0. The van der Waals surface area contributed by atoms with Crippen molar-refractivity contribution in [2.45, 2.75) is 13.0 Å². The van der Waals surface area contributed by atoms with Gasteiger partial charge in [0.15, 0.2) is 11.5 Å². The number of aromatic nitrogens is 3. The maximum Gasteiger partial charge on any atom is 0.248 e. The summed E-state index contributed by atoms with van der Waals surface area (Å²) in [7, 11) is 0. The summed E-state index contributed by atoms with van der Waals surface area (Å²) >= 11 is 5.94. The Morgan fingerprint density at radius 3 is 2.79 bits per heavy atom. The number of halogens is 1. The van der Waals surface area contributed by atoms with E-state index in [1.54, 1.807) is 28.9 Å². The smallest absolute Gasteiger partial charge is 0.248 e. The first kappa shape index (κ1) is 17.7. The number of amides is 1. The van der Waals surface area contributed by atoms with Gasteiger partial charge in [-0.2, -0.15) is 10.1 Å². The molecule has 9 heteroatoms. The van der Waals surface area contributed by atoms with Gasteiger partial charge in [0.1, 0.15) is 12.2 Å². The molecule has 0 bridgehead atoms. The van der Waals surface area contributed by atoms with Crippen LogP contribution in [0.3, 0.4) is 0 Å². The Balaban J connectivity index is 1.54. The molecule has 0 fully saturated rings. The molecule has 3 heterocycles. The number of anilines is 1. The van der Waals surface area contributed by atoms with Gasteiger partial charge in [-0.1, -0.05) is 17.7 Å². The van der Waals surface area contributed by atoms with Gasteiger partial charge in [0.2, 0.25) is 18.6 Å². The van der Waals surface area contributed by atoms with E-state index in [1.165, 1.54) is 6.33 Å². The number of nitrogens with one attached hydrogen (secondary N) is 1. The third kappa shape index (κ3) is 3.11. The number of ether oxygens (including phenoxy) is 2. The van der Waals surface area contributed by atoms with Crippen LogP contribution in [0, 0.1) is 5.92 Å². The number of fused-ring (bicyclic) bond motifs is 2. The molecule has 2 aliphatic heterocycles. The predicted molar refractivity (Wildman–Crippen MR) is 107 cm³/mol. The topological polar surface area (TPSA) is 90.6 Å². The second-order valence-electron chi connectivity index (χ2n) is 6.79. The minimum atomic E-state index is -0.583. The molecular formula is C20H16ClN5O3. The molecule has 146 valence electrons. The maximum absolute atomic E-state index is 13.3. The summed E-state index contributed by atoms with van der Waals surface area (Å²) in [5, 5.41) is 7.87. The molecule has 0 spiro atoms. The molecule has 2 atom stereocenters. The second kappa shape index (κ2) is 6.89. The molecule has 29 heavy (non-hydrogen) atoms. The largest absolute Gasteiger partial charge is 0.454 e. The lowest BCUT2D eigenvalue weighted by Crippen LogP contribution is -2.39. The van der Waals surface area contributed by atoms with Crippen molar-refractivity contribution in [2.24, 2.45) is 10.9 Å². The van der Waals surface area contributed by atoms with Crippen LogP contribution in [0.5, 0.6) is 11.5 Å². The molecule has 8 nitrogen and oxygen atoms in total. The Morgan fingerprint density at radius 1 is 1.17 bits per heavy atom. The van der Waals surface area contributed by atoms with Crippen LogP contribution in [0.25, 0.3) is 0 Å². The van der Waals surface area contributed by atoms with E-state index in [-0.39, 0.29) is 12.7 Å². The van der Waals surface area contributed by atoms with Gasteiger partial charge in [0.25, 0.3) is 0 Å². The van der Waals surface area contributed by atoms with Crippen LogP contribution in [0.2, 0.25) is 5.02 Å². The molecule has 5 rings (SSSR count). The van der Waals surface area contributed by atoms with Crippen molar-refractivity contribution in [1.29, 1.82) is 0 Å². The van der Waals surface area contributed by atoms with E-state index in [9.17, 15) is 4.79 Å². The minimum Gasteiger partial charge on any atom is -0.454 e. The highest BCUT2D eigenvalue weighted by Gasteiger charge is 2.39. The van der Waals surface area contributed by atoms with Gasteiger partial charge in [-0.05, 0) is 48.9 Å². The quantitative estimate of drug-likeness (QED) is 0.713. The highest BCUT2D eigenvalue weighted by molar-refractivity contribution is 6.30. The molecule has 0 saturated heterocycles. The van der Waals surface area contributed by atoms with Gasteiger partial charge >= 0.3 is 0 Å². The Labute approximate surface area is 171 Å². The summed E-state index contributed by atoms with van der Waals surface area (Å²) in [6.07, 6.45) is 1.44. The summed E-state index contributed by atoms with van der Waals surface area (Å²) < 4.78 is 12.6. The number of nitrogens with zero attached hydrogens (tertiary/aromatic N) is 4. The van der Waals surface area contributed by atoms with Crippen LogP contribution in [-0.4, -0.2) is 33.2 Å². The van der Waals surface area contributed by atoms with E-state index in [4.69, 9.17) is 21.1 Å². The monoisotopic (exact) mass is 409 g/mol. The minimum absolute atomic E-state index is 0.180. The van der Waals surface area contributed by atoms with Crippen LogP contribution in [-0.2, 0) is 4.79 Å². The van der Waals surface area contributed by atoms with Crippen LogP contribution in [0.1, 0.15) is 18.5 Å². The number of hydrogen-bond acceptors (Lipinski definition) is 6. The number of carbonyl (C=O) groups is 1. The van der Waals surface area contributed by atoms with Gasteiger partial charge in [-0.25, -0.2) is 9.67 Å². The van der Waals surface area contributed by atoms with Gasteiger partial charge < -0.3 is 14.8 Å². The van der Waals surface area contributed by atoms with Gasteiger partial charge in [-0.3, -0.25) is 4.79 Å². The van der Waals surface area contributed by atoms with E-state index in [1.807, 2.05) is 25.1 Å². The highest BCUT2D eigenvalue weighted by atomic mass is 35.5. The average molecular weight is 410 g/mol. The van der Waals surface area contributed by atoms with Crippen molar-refractivity contribution in [2.75, 3.05) is 12.1 Å². The standard InChI is InChI=1S/C20H16ClN5O3/c1-11-17(19(27)25-14-5-3-13(21)4-6-14)18(26-20(24-11)22-9-23-26)12-2-7-15-16(8-12)29-10-28-15/h2-9,17-18H,10H2,1H3,(H,25,27). The zero-order valence-corrected chi connectivity index (χ0v) is 16.1. The number of benzene rings is 2. The molecule has 0 saturated carbocycles. The average Bonchev–Trinajstić information content (AvgIpc) is 3.36. The van der Waals surface area contributed by atoms with Crippen molar-refractivity contribution in [1.82, 2.24) is 14.8 Å². The first-order valence-electron chi connectivity index (χ1n) is 9.01. The first-order chi connectivity index (χ1) is 14.1. The van der Waals surface area contributed by atoms with Crippen LogP contribution >= 0.6 is 11.6 Å². The Morgan fingerprint density at radius 2 is 1.97 bits per heavy atom.